The van der Waals surface area contributed by atoms with Crippen LogP contribution in [0.15, 0.2) is 29.3 Å². The molecule has 1 rings (SSSR count). The number of hydrogen-bond donors (Lipinski definition) is 0. The summed E-state index contributed by atoms with van der Waals surface area (Å²) in [6, 6.07) is 6.29. The van der Waals surface area contributed by atoms with Crippen LogP contribution in [0.2, 0.25) is 0 Å². The predicted molar refractivity (Wildman–Crippen MR) is 67.0 cm³/mol. The second-order valence-electron chi connectivity index (χ2n) is 3.29. The lowest BCUT2D eigenvalue weighted by Crippen LogP contribution is -2.10. The van der Waals surface area contributed by atoms with Crippen LogP contribution < -0.4 is 0 Å². The van der Waals surface area contributed by atoms with E-state index >= 15 is 0 Å². The Bertz CT molecular complexity index is 443. The predicted octanol–water partition coefficient (Wildman–Crippen LogP) is 1.86. The van der Waals surface area contributed by atoms with Crippen LogP contribution in [0.25, 0.3) is 0 Å². The molecule has 0 fully saturated rings. The topological polar surface area (TPSA) is 58.7 Å². The van der Waals surface area contributed by atoms with Crippen molar-refractivity contribution in [2.24, 2.45) is 4.99 Å². The first-order valence-electron chi connectivity index (χ1n) is 4.50. The van der Waals surface area contributed by atoms with Gasteiger partial charge in [0.1, 0.15) is 4.99 Å². The van der Waals surface area contributed by atoms with E-state index in [-0.39, 0.29) is 10.7 Å². The number of nitrogens with zero attached hydrogens (tertiary/aromatic N) is 3. The minimum absolute atomic E-state index is 0.0246. The van der Waals surface area contributed by atoms with Crippen LogP contribution in [0, 0.1) is 10.1 Å². The van der Waals surface area contributed by atoms with E-state index in [4.69, 9.17) is 12.2 Å². The van der Waals surface area contributed by atoms with Crippen molar-refractivity contribution < 1.29 is 4.92 Å². The Morgan fingerprint density at radius 2 is 2.12 bits per heavy atom. The zero-order valence-electron chi connectivity index (χ0n) is 8.95. The standard InChI is InChI=1S/C10H11N3O2S/c1-12(2)7-11-10(16)8-5-3-4-6-9(8)13(14)15/h3-7H,1-2H3. The molecule has 0 N–H and O–H groups in total. The van der Waals surface area contributed by atoms with Gasteiger partial charge in [0.05, 0.1) is 16.8 Å². The summed E-state index contributed by atoms with van der Waals surface area (Å²) in [5, 5.41) is 10.7. The van der Waals surface area contributed by atoms with Crippen molar-refractivity contribution >= 4 is 29.2 Å². The third kappa shape index (κ3) is 3.09. The molecule has 0 aromatic heterocycles. The van der Waals surface area contributed by atoms with Crippen molar-refractivity contribution in [3.63, 3.8) is 0 Å². The van der Waals surface area contributed by atoms with E-state index in [0.717, 1.165) is 0 Å². The van der Waals surface area contributed by atoms with Gasteiger partial charge in [0.15, 0.2) is 0 Å². The van der Waals surface area contributed by atoms with Crippen molar-refractivity contribution in [3.8, 4) is 0 Å². The second-order valence-corrected chi connectivity index (χ2v) is 3.67. The third-order valence-corrected chi connectivity index (χ3v) is 2.06. The average molecular weight is 237 g/mol. The minimum atomic E-state index is -0.465. The number of benzene rings is 1. The summed E-state index contributed by atoms with van der Waals surface area (Å²) < 4.78 is 0. The van der Waals surface area contributed by atoms with Crippen LogP contribution in [0.3, 0.4) is 0 Å². The molecular weight excluding hydrogens is 226 g/mol. The largest absolute Gasteiger partial charge is 0.369 e. The number of para-hydroxylation sites is 1. The van der Waals surface area contributed by atoms with Crippen LogP contribution in [-0.4, -0.2) is 35.2 Å². The molecule has 0 aliphatic rings. The Kier molecular flexibility index (Phi) is 4.07. The normalized spacial score (nSPS) is 10.4. The quantitative estimate of drug-likeness (QED) is 0.265. The van der Waals surface area contributed by atoms with Gasteiger partial charge in [0.2, 0.25) is 0 Å². The van der Waals surface area contributed by atoms with Crippen LogP contribution >= 0.6 is 12.2 Å². The zero-order valence-corrected chi connectivity index (χ0v) is 9.77. The number of aliphatic imine (C=N–C) groups is 1. The maximum Gasteiger partial charge on any atom is 0.279 e. The van der Waals surface area contributed by atoms with Crippen molar-refractivity contribution in [3.05, 3.63) is 39.9 Å². The van der Waals surface area contributed by atoms with E-state index in [9.17, 15) is 10.1 Å². The third-order valence-electron chi connectivity index (χ3n) is 1.74. The maximum absolute atomic E-state index is 10.7. The molecule has 0 aliphatic heterocycles. The van der Waals surface area contributed by atoms with Crippen molar-refractivity contribution in [1.82, 2.24) is 4.90 Å². The Morgan fingerprint density at radius 1 is 1.50 bits per heavy atom. The summed E-state index contributed by atoms with van der Waals surface area (Å²) >= 11 is 5.02. The molecule has 1 aromatic rings. The first-order valence-corrected chi connectivity index (χ1v) is 4.91. The first kappa shape index (κ1) is 12.3. The summed E-state index contributed by atoms with van der Waals surface area (Å²) in [5.41, 5.74) is 0.337. The van der Waals surface area contributed by atoms with Gasteiger partial charge in [-0.25, -0.2) is 4.99 Å². The van der Waals surface area contributed by atoms with Crippen molar-refractivity contribution in [2.75, 3.05) is 14.1 Å². The summed E-state index contributed by atoms with van der Waals surface area (Å²) in [6.45, 7) is 0. The molecule has 6 heteroatoms. The molecule has 5 nitrogen and oxygen atoms in total. The average Bonchev–Trinajstić information content (AvgIpc) is 2.25. The molecule has 0 bridgehead atoms. The van der Waals surface area contributed by atoms with Gasteiger partial charge in [-0.2, -0.15) is 0 Å². The molecule has 0 saturated heterocycles. The van der Waals surface area contributed by atoms with E-state index in [1.807, 2.05) is 0 Å². The fraction of sp³-hybridized carbons (Fsp3) is 0.200. The lowest BCUT2D eigenvalue weighted by Gasteiger charge is -2.03. The fourth-order valence-corrected chi connectivity index (χ4v) is 1.27. The summed E-state index contributed by atoms with van der Waals surface area (Å²) in [6.07, 6.45) is 1.51. The van der Waals surface area contributed by atoms with Gasteiger partial charge in [-0.3, -0.25) is 10.1 Å². The number of nitro groups is 1. The molecule has 0 spiro atoms. The molecule has 16 heavy (non-hydrogen) atoms. The smallest absolute Gasteiger partial charge is 0.279 e. The van der Waals surface area contributed by atoms with Gasteiger partial charge in [0, 0.05) is 20.2 Å². The van der Waals surface area contributed by atoms with E-state index < -0.39 is 4.92 Å². The Balaban J connectivity index is 3.04. The molecule has 0 aliphatic carbocycles. The van der Waals surface area contributed by atoms with Crippen LogP contribution in [0.4, 0.5) is 5.69 Å². The van der Waals surface area contributed by atoms with Gasteiger partial charge in [-0.1, -0.05) is 24.4 Å². The van der Waals surface area contributed by atoms with Crippen LogP contribution in [0.5, 0.6) is 0 Å². The zero-order chi connectivity index (χ0) is 12.1. The molecule has 0 heterocycles. The monoisotopic (exact) mass is 237 g/mol. The van der Waals surface area contributed by atoms with E-state index in [2.05, 4.69) is 4.99 Å². The summed E-state index contributed by atoms with van der Waals surface area (Å²) in [5.74, 6) is 0. The van der Waals surface area contributed by atoms with E-state index in [1.165, 1.54) is 12.4 Å². The maximum atomic E-state index is 10.7. The Morgan fingerprint density at radius 3 is 2.69 bits per heavy atom. The van der Waals surface area contributed by atoms with Gasteiger partial charge < -0.3 is 4.90 Å². The molecule has 84 valence electrons. The molecule has 0 unspecified atom stereocenters. The first-order chi connectivity index (χ1) is 7.52. The van der Waals surface area contributed by atoms with E-state index in [0.29, 0.717) is 5.56 Å². The Labute approximate surface area is 98.6 Å². The summed E-state index contributed by atoms with van der Waals surface area (Å²) in [4.78, 5) is 16.2. The lowest BCUT2D eigenvalue weighted by atomic mass is 10.2. The lowest BCUT2D eigenvalue weighted by molar-refractivity contribution is -0.385. The second kappa shape index (κ2) is 5.32. The highest BCUT2D eigenvalue weighted by Gasteiger charge is 2.15. The molecule has 1 aromatic carbocycles. The molecule has 0 radical (unpaired) electrons. The molecular formula is C10H11N3O2S. The van der Waals surface area contributed by atoms with Gasteiger partial charge in [0.25, 0.3) is 5.69 Å². The molecule has 0 amide bonds. The number of thiocarbonyl (C=S) groups is 1. The van der Waals surface area contributed by atoms with Crippen LogP contribution in [0.1, 0.15) is 5.56 Å². The van der Waals surface area contributed by atoms with Gasteiger partial charge in [-0.05, 0) is 6.07 Å². The van der Waals surface area contributed by atoms with E-state index in [1.54, 1.807) is 37.2 Å². The number of nitro benzene ring substituents is 1. The molecule has 0 saturated carbocycles. The SMILES string of the molecule is CN(C)C=NC(=S)c1ccccc1[N+](=O)[O-]. The van der Waals surface area contributed by atoms with Gasteiger partial charge >= 0.3 is 0 Å². The van der Waals surface area contributed by atoms with Crippen molar-refractivity contribution in [2.45, 2.75) is 0 Å². The Hall–Kier alpha value is -1.82. The summed E-state index contributed by atoms with van der Waals surface area (Å²) in [7, 11) is 3.59. The highest BCUT2D eigenvalue weighted by molar-refractivity contribution is 7.80. The van der Waals surface area contributed by atoms with Crippen molar-refractivity contribution in [1.29, 1.82) is 0 Å². The minimum Gasteiger partial charge on any atom is -0.369 e. The highest BCUT2D eigenvalue weighted by Crippen LogP contribution is 2.18. The van der Waals surface area contributed by atoms with Crippen LogP contribution in [-0.2, 0) is 0 Å². The fourth-order valence-electron chi connectivity index (χ4n) is 1.05. The number of rotatable bonds is 3. The molecule has 0 atom stereocenters. The number of hydrogen-bond acceptors (Lipinski definition) is 3. The highest BCUT2D eigenvalue weighted by atomic mass is 32.1. The van der Waals surface area contributed by atoms with Gasteiger partial charge in [-0.15, -0.1) is 0 Å².